The van der Waals surface area contributed by atoms with Crippen molar-refractivity contribution >= 4 is 27.8 Å². The topological polar surface area (TPSA) is 58.4 Å². The van der Waals surface area contributed by atoms with Gasteiger partial charge in [-0.2, -0.15) is 0 Å². The van der Waals surface area contributed by atoms with Crippen molar-refractivity contribution < 1.29 is 4.79 Å². The van der Waals surface area contributed by atoms with E-state index in [2.05, 4.69) is 17.3 Å². The van der Waals surface area contributed by atoms with Crippen LogP contribution in [0.5, 0.6) is 0 Å². The number of likely N-dealkylation sites (N-methyl/N-ethyl adjacent to an activating group) is 1. The quantitative estimate of drug-likeness (QED) is 0.820. The van der Waals surface area contributed by atoms with E-state index >= 15 is 0 Å². The Bertz CT molecular complexity index is 521. The Labute approximate surface area is 124 Å². The van der Waals surface area contributed by atoms with E-state index in [0.29, 0.717) is 12.0 Å². The molecule has 1 aliphatic heterocycles. The number of hydrogen-bond acceptors (Lipinski definition) is 5. The van der Waals surface area contributed by atoms with Crippen LogP contribution in [0.3, 0.4) is 0 Å². The van der Waals surface area contributed by atoms with E-state index < -0.39 is 0 Å². The Morgan fingerprint density at radius 3 is 2.75 bits per heavy atom. The summed E-state index contributed by atoms with van der Waals surface area (Å²) < 4.78 is 0. The largest absolute Gasteiger partial charge is 0.397 e. The van der Waals surface area contributed by atoms with Crippen molar-refractivity contribution in [1.82, 2.24) is 4.90 Å². The second-order valence-electron chi connectivity index (χ2n) is 6.08. The summed E-state index contributed by atoms with van der Waals surface area (Å²) in [6, 6.07) is 0.603. The highest BCUT2D eigenvalue weighted by Gasteiger charge is 2.32. The van der Waals surface area contributed by atoms with Crippen LogP contribution < -0.4 is 11.1 Å². The van der Waals surface area contributed by atoms with E-state index in [1.165, 1.54) is 37.8 Å². The molecule has 0 amide bonds. The van der Waals surface area contributed by atoms with Crippen LogP contribution in [-0.4, -0.2) is 36.9 Å². The van der Waals surface area contributed by atoms with E-state index in [0.717, 1.165) is 22.1 Å². The molecule has 1 atom stereocenters. The maximum absolute atomic E-state index is 11.7. The molecule has 2 fully saturated rings. The summed E-state index contributed by atoms with van der Waals surface area (Å²) in [6.45, 7) is 3.74. The van der Waals surface area contributed by atoms with Crippen LogP contribution in [0.15, 0.2) is 0 Å². The number of nitrogen functional groups attached to an aromatic ring is 1. The van der Waals surface area contributed by atoms with Crippen LogP contribution in [0, 0.1) is 0 Å². The van der Waals surface area contributed by atoms with Crippen molar-refractivity contribution in [3.63, 3.8) is 0 Å². The fraction of sp³-hybridized carbons (Fsp3) is 0.667. The number of nitrogens with one attached hydrogen (secondary N) is 1. The number of hydrogen-bond donors (Lipinski definition) is 2. The van der Waals surface area contributed by atoms with E-state index in [1.807, 2.05) is 0 Å². The number of ketones is 1. The molecule has 1 saturated heterocycles. The Morgan fingerprint density at radius 2 is 2.20 bits per heavy atom. The molecule has 3 N–H and O–H groups in total. The number of anilines is 2. The summed E-state index contributed by atoms with van der Waals surface area (Å²) in [5.41, 5.74) is 8.13. The lowest BCUT2D eigenvalue weighted by Crippen LogP contribution is -2.31. The SMILES string of the molecule is CC(=O)c1sc(NCC2CCCN2C)c(C2CC2)c1N. The summed E-state index contributed by atoms with van der Waals surface area (Å²) in [5, 5.41) is 4.70. The van der Waals surface area contributed by atoms with Crippen LogP contribution in [0.1, 0.15) is 53.8 Å². The summed E-state index contributed by atoms with van der Waals surface area (Å²) in [6.07, 6.45) is 4.94. The summed E-state index contributed by atoms with van der Waals surface area (Å²) in [5.74, 6) is 0.656. The zero-order valence-electron chi connectivity index (χ0n) is 12.2. The Morgan fingerprint density at radius 1 is 1.45 bits per heavy atom. The predicted molar refractivity (Wildman–Crippen MR) is 84.9 cm³/mol. The van der Waals surface area contributed by atoms with Crippen molar-refractivity contribution in [2.45, 2.75) is 44.6 Å². The molecule has 4 nitrogen and oxygen atoms in total. The average molecular weight is 293 g/mol. The van der Waals surface area contributed by atoms with Crippen LogP contribution >= 0.6 is 11.3 Å². The second kappa shape index (κ2) is 5.37. The second-order valence-corrected chi connectivity index (χ2v) is 7.10. The van der Waals surface area contributed by atoms with Crippen molar-refractivity contribution in [2.24, 2.45) is 0 Å². The average Bonchev–Trinajstić information content (AvgIpc) is 3.06. The lowest BCUT2D eigenvalue weighted by molar-refractivity contribution is 0.102. The van der Waals surface area contributed by atoms with Gasteiger partial charge >= 0.3 is 0 Å². The van der Waals surface area contributed by atoms with Gasteiger partial charge in [0, 0.05) is 25.1 Å². The normalized spacial score (nSPS) is 23.2. The van der Waals surface area contributed by atoms with Gasteiger partial charge in [-0.15, -0.1) is 11.3 Å². The van der Waals surface area contributed by atoms with E-state index in [-0.39, 0.29) is 5.78 Å². The fourth-order valence-electron chi connectivity index (χ4n) is 3.07. The molecule has 0 bridgehead atoms. The summed E-state index contributed by atoms with van der Waals surface area (Å²) in [7, 11) is 2.19. The van der Waals surface area contributed by atoms with E-state index in [1.54, 1.807) is 18.3 Å². The number of nitrogens with two attached hydrogens (primary N) is 1. The standard InChI is InChI=1S/C15H23N3OS/c1-9(19)14-13(16)12(10-5-6-10)15(20-14)17-8-11-4-3-7-18(11)2/h10-11,17H,3-8,16H2,1-2H3. The molecule has 2 heterocycles. The van der Waals surface area contributed by atoms with Gasteiger partial charge in [-0.05, 0) is 45.2 Å². The molecule has 5 heteroatoms. The van der Waals surface area contributed by atoms with Gasteiger partial charge in [-0.1, -0.05) is 0 Å². The molecule has 2 aliphatic rings. The van der Waals surface area contributed by atoms with Gasteiger partial charge in [-0.25, -0.2) is 0 Å². The van der Waals surface area contributed by atoms with E-state index in [9.17, 15) is 4.79 Å². The monoisotopic (exact) mass is 293 g/mol. The smallest absolute Gasteiger partial charge is 0.171 e. The zero-order valence-corrected chi connectivity index (χ0v) is 13.1. The maximum atomic E-state index is 11.7. The third-order valence-electron chi connectivity index (χ3n) is 4.46. The molecular formula is C15H23N3OS. The third kappa shape index (κ3) is 2.56. The molecule has 20 heavy (non-hydrogen) atoms. The van der Waals surface area contributed by atoms with Crippen LogP contribution in [-0.2, 0) is 0 Å². The molecule has 1 aliphatic carbocycles. The van der Waals surface area contributed by atoms with Crippen molar-refractivity contribution in [3.8, 4) is 0 Å². The highest BCUT2D eigenvalue weighted by molar-refractivity contribution is 7.18. The van der Waals surface area contributed by atoms with Gasteiger partial charge in [0.05, 0.1) is 15.6 Å². The first-order valence-corrected chi connectivity index (χ1v) is 8.26. The minimum atomic E-state index is 0.0837. The number of likely N-dealkylation sites (tertiary alicyclic amines) is 1. The summed E-state index contributed by atoms with van der Waals surface area (Å²) in [4.78, 5) is 14.8. The number of carbonyl (C=O) groups is 1. The van der Waals surface area contributed by atoms with Crippen LogP contribution in [0.25, 0.3) is 0 Å². The first-order chi connectivity index (χ1) is 9.58. The minimum absolute atomic E-state index is 0.0837. The maximum Gasteiger partial charge on any atom is 0.171 e. The predicted octanol–water partition coefficient (Wildman–Crippen LogP) is 2.92. The first kappa shape index (κ1) is 13.9. The third-order valence-corrected chi connectivity index (χ3v) is 5.74. The van der Waals surface area contributed by atoms with Crippen LogP contribution in [0.2, 0.25) is 0 Å². The molecule has 0 aromatic carbocycles. The van der Waals surface area contributed by atoms with E-state index in [4.69, 9.17) is 5.73 Å². The van der Waals surface area contributed by atoms with Crippen molar-refractivity contribution in [3.05, 3.63) is 10.4 Å². The number of carbonyl (C=O) groups excluding carboxylic acids is 1. The lowest BCUT2D eigenvalue weighted by atomic mass is 10.1. The molecule has 0 spiro atoms. The molecule has 1 aromatic rings. The number of Topliss-reactive ketones (excluding diaryl/α,β-unsaturated/α-hetero) is 1. The molecule has 3 rings (SSSR count). The number of thiophene rings is 1. The van der Waals surface area contributed by atoms with Crippen LogP contribution in [0.4, 0.5) is 10.7 Å². The number of rotatable bonds is 5. The first-order valence-electron chi connectivity index (χ1n) is 7.45. The highest BCUT2D eigenvalue weighted by atomic mass is 32.1. The highest BCUT2D eigenvalue weighted by Crippen LogP contribution is 2.50. The van der Waals surface area contributed by atoms with Gasteiger partial charge in [0.15, 0.2) is 5.78 Å². The van der Waals surface area contributed by atoms with Crippen molar-refractivity contribution in [2.75, 3.05) is 31.2 Å². The van der Waals surface area contributed by atoms with Gasteiger partial charge in [0.2, 0.25) is 0 Å². The van der Waals surface area contributed by atoms with Gasteiger partial charge in [-0.3, -0.25) is 4.79 Å². The molecule has 1 saturated carbocycles. The molecule has 0 radical (unpaired) electrons. The molecule has 110 valence electrons. The Balaban J connectivity index is 1.77. The summed E-state index contributed by atoms with van der Waals surface area (Å²) >= 11 is 1.54. The van der Waals surface area contributed by atoms with Gasteiger partial charge < -0.3 is 16.0 Å². The fourth-order valence-corrected chi connectivity index (χ4v) is 4.18. The van der Waals surface area contributed by atoms with Gasteiger partial charge in [0.25, 0.3) is 0 Å². The Hall–Kier alpha value is -1.07. The number of nitrogens with zero attached hydrogens (tertiary/aromatic N) is 1. The minimum Gasteiger partial charge on any atom is -0.397 e. The molecule has 1 unspecified atom stereocenters. The van der Waals surface area contributed by atoms with Crippen molar-refractivity contribution in [1.29, 1.82) is 0 Å². The molecule has 1 aromatic heterocycles. The van der Waals surface area contributed by atoms with Gasteiger partial charge in [0.1, 0.15) is 0 Å². The molecular weight excluding hydrogens is 270 g/mol. The zero-order chi connectivity index (χ0) is 14.3. The lowest BCUT2D eigenvalue weighted by Gasteiger charge is -2.20. The Kier molecular flexibility index (Phi) is 3.73.